The molecule has 2 aromatic carbocycles. The summed E-state index contributed by atoms with van der Waals surface area (Å²) in [5.74, 6) is -0.446. The Morgan fingerprint density at radius 3 is 2.09 bits per heavy atom. The summed E-state index contributed by atoms with van der Waals surface area (Å²) in [6.45, 7) is 1.92. The maximum Gasteiger partial charge on any atom is 0.336 e. The van der Waals surface area contributed by atoms with E-state index < -0.39 is 10.3 Å². The summed E-state index contributed by atoms with van der Waals surface area (Å²) in [7, 11) is 0. The van der Waals surface area contributed by atoms with Crippen molar-refractivity contribution in [2.75, 3.05) is 0 Å². The van der Waals surface area contributed by atoms with Crippen LogP contribution in [-0.2, 0) is 4.79 Å². The number of hydrogen-bond donors (Lipinski definition) is 0. The molecule has 114 valence electrons. The number of carbonyl (C=O) groups is 2. The highest BCUT2D eigenvalue weighted by atomic mass is 79.9. The van der Waals surface area contributed by atoms with Crippen molar-refractivity contribution in [1.29, 1.82) is 0 Å². The van der Waals surface area contributed by atoms with Crippen LogP contribution in [0.3, 0.4) is 0 Å². The lowest BCUT2D eigenvalue weighted by Crippen LogP contribution is -2.43. The molecule has 0 aliphatic carbocycles. The summed E-state index contributed by atoms with van der Waals surface area (Å²) in [5.41, 5.74) is 0.484. The fourth-order valence-corrected chi connectivity index (χ4v) is 2.85. The van der Waals surface area contributed by atoms with Gasteiger partial charge >= 0.3 is 5.97 Å². The number of rotatable bonds is 6. The monoisotopic (exact) mass is 360 g/mol. The van der Waals surface area contributed by atoms with Gasteiger partial charge in [-0.3, -0.25) is 4.79 Å². The van der Waals surface area contributed by atoms with Gasteiger partial charge in [-0.15, -0.1) is 0 Å². The molecule has 0 radical (unpaired) electrons. The van der Waals surface area contributed by atoms with Crippen molar-refractivity contribution in [2.45, 2.75) is 24.1 Å². The summed E-state index contributed by atoms with van der Waals surface area (Å²) in [6, 6.07) is 17.5. The molecule has 0 saturated carbocycles. The van der Waals surface area contributed by atoms with Crippen LogP contribution in [0.1, 0.15) is 30.1 Å². The zero-order valence-corrected chi connectivity index (χ0v) is 13.9. The molecule has 1 atom stereocenters. The number of benzene rings is 2. The van der Waals surface area contributed by atoms with E-state index in [1.807, 2.05) is 19.1 Å². The molecule has 0 N–H and O–H groups in total. The number of carbonyl (C=O) groups excluding carboxylic acids is 2. The van der Waals surface area contributed by atoms with Gasteiger partial charge in [-0.05, 0) is 18.6 Å². The van der Waals surface area contributed by atoms with Crippen molar-refractivity contribution in [3.8, 4) is 5.75 Å². The van der Waals surface area contributed by atoms with Gasteiger partial charge in [0.15, 0.2) is 10.1 Å². The second-order valence-corrected chi connectivity index (χ2v) is 6.30. The number of ether oxygens (including phenoxy) is 1. The summed E-state index contributed by atoms with van der Waals surface area (Å²) in [4.78, 5) is 25.3. The van der Waals surface area contributed by atoms with Crippen LogP contribution in [0.25, 0.3) is 0 Å². The molecule has 0 aromatic heterocycles. The number of alkyl halides is 1. The molecule has 0 bridgehead atoms. The van der Waals surface area contributed by atoms with E-state index in [-0.39, 0.29) is 5.78 Å². The van der Waals surface area contributed by atoms with Gasteiger partial charge in [0.05, 0.1) is 0 Å². The molecule has 1 unspecified atom stereocenters. The van der Waals surface area contributed by atoms with Gasteiger partial charge in [0.2, 0.25) is 0 Å². The number of ketones is 1. The second-order valence-electron chi connectivity index (χ2n) is 4.95. The van der Waals surface area contributed by atoms with E-state index in [4.69, 9.17) is 4.74 Å². The quantitative estimate of drug-likeness (QED) is 0.252. The Morgan fingerprint density at radius 2 is 1.55 bits per heavy atom. The Labute approximate surface area is 138 Å². The van der Waals surface area contributed by atoms with Crippen LogP contribution in [0.2, 0.25) is 0 Å². The SMILES string of the molecule is CCCC(Br)(C(=O)Oc1ccccc1)C(=O)c1ccccc1. The predicted molar refractivity (Wildman–Crippen MR) is 89.4 cm³/mol. The lowest BCUT2D eigenvalue weighted by Gasteiger charge is -2.23. The second kappa shape index (κ2) is 7.36. The molecule has 0 spiro atoms. The van der Waals surface area contributed by atoms with E-state index in [1.165, 1.54) is 0 Å². The molecule has 0 aliphatic heterocycles. The van der Waals surface area contributed by atoms with E-state index in [9.17, 15) is 9.59 Å². The zero-order chi connectivity index (χ0) is 16.0. The first-order chi connectivity index (χ1) is 10.6. The van der Waals surface area contributed by atoms with Crippen LogP contribution in [0.15, 0.2) is 60.7 Å². The summed E-state index contributed by atoms with van der Waals surface area (Å²) in [6.07, 6.45) is 1.04. The van der Waals surface area contributed by atoms with E-state index in [0.717, 1.165) is 0 Å². The van der Waals surface area contributed by atoms with Crippen LogP contribution < -0.4 is 4.74 Å². The fourth-order valence-electron chi connectivity index (χ4n) is 2.15. The normalized spacial score (nSPS) is 13.2. The minimum absolute atomic E-state index is 0.282. The minimum atomic E-state index is -1.36. The molecule has 0 aliphatic rings. The number of hydrogen-bond acceptors (Lipinski definition) is 3. The van der Waals surface area contributed by atoms with Crippen LogP contribution in [0.5, 0.6) is 5.75 Å². The Hall–Kier alpha value is -1.94. The molecule has 22 heavy (non-hydrogen) atoms. The van der Waals surface area contributed by atoms with Crippen molar-refractivity contribution in [2.24, 2.45) is 0 Å². The highest BCUT2D eigenvalue weighted by molar-refractivity contribution is 9.10. The number of Topliss-reactive ketones (excluding diaryl/α,β-unsaturated/α-hetero) is 1. The maximum absolute atomic E-state index is 12.7. The highest BCUT2D eigenvalue weighted by Crippen LogP contribution is 2.31. The van der Waals surface area contributed by atoms with Gasteiger partial charge in [-0.2, -0.15) is 0 Å². The van der Waals surface area contributed by atoms with Crippen molar-refractivity contribution in [3.63, 3.8) is 0 Å². The maximum atomic E-state index is 12.7. The van der Waals surface area contributed by atoms with E-state index >= 15 is 0 Å². The largest absolute Gasteiger partial charge is 0.425 e. The third-order valence-electron chi connectivity index (χ3n) is 3.27. The lowest BCUT2D eigenvalue weighted by atomic mass is 9.93. The van der Waals surface area contributed by atoms with Crippen molar-refractivity contribution < 1.29 is 14.3 Å². The van der Waals surface area contributed by atoms with E-state index in [0.29, 0.717) is 24.2 Å². The first-order valence-corrected chi connectivity index (χ1v) is 7.93. The van der Waals surface area contributed by atoms with Crippen LogP contribution in [0.4, 0.5) is 0 Å². The van der Waals surface area contributed by atoms with E-state index in [2.05, 4.69) is 15.9 Å². The third-order valence-corrected chi connectivity index (χ3v) is 4.35. The van der Waals surface area contributed by atoms with Gasteiger partial charge in [0, 0.05) is 5.56 Å². The number of para-hydroxylation sites is 1. The van der Waals surface area contributed by atoms with Gasteiger partial charge in [0.1, 0.15) is 5.75 Å². The molecule has 0 heterocycles. The Bertz CT molecular complexity index is 640. The first kappa shape index (κ1) is 16.4. The standard InChI is InChI=1S/C18H17BrO3/c1-2-13-18(19,16(20)14-9-5-3-6-10-14)17(21)22-15-11-7-4-8-12-15/h3-12H,2,13H2,1H3. The molecule has 3 nitrogen and oxygen atoms in total. The molecular weight excluding hydrogens is 344 g/mol. The third kappa shape index (κ3) is 3.63. The molecule has 2 aromatic rings. The summed E-state index contributed by atoms with van der Waals surface area (Å²) >= 11 is 3.35. The predicted octanol–water partition coefficient (Wildman–Crippen LogP) is 4.41. The Balaban J connectivity index is 2.27. The van der Waals surface area contributed by atoms with E-state index in [1.54, 1.807) is 48.5 Å². The molecule has 0 saturated heterocycles. The summed E-state index contributed by atoms with van der Waals surface area (Å²) < 4.78 is 4.01. The smallest absolute Gasteiger partial charge is 0.336 e. The lowest BCUT2D eigenvalue weighted by molar-refractivity contribution is -0.135. The van der Waals surface area contributed by atoms with Crippen molar-refractivity contribution in [1.82, 2.24) is 0 Å². The Morgan fingerprint density at radius 1 is 1.00 bits per heavy atom. The number of halogens is 1. The number of esters is 1. The zero-order valence-electron chi connectivity index (χ0n) is 12.3. The molecule has 4 heteroatoms. The molecule has 2 rings (SSSR count). The highest BCUT2D eigenvalue weighted by Gasteiger charge is 2.44. The summed E-state index contributed by atoms with van der Waals surface area (Å²) in [5, 5.41) is 0. The molecular formula is C18H17BrO3. The van der Waals surface area contributed by atoms with Crippen molar-refractivity contribution >= 4 is 27.7 Å². The Kier molecular flexibility index (Phi) is 5.50. The van der Waals surface area contributed by atoms with Gasteiger partial charge in [0.25, 0.3) is 0 Å². The van der Waals surface area contributed by atoms with Gasteiger partial charge < -0.3 is 4.74 Å². The van der Waals surface area contributed by atoms with Crippen LogP contribution in [0, 0.1) is 0 Å². The molecule has 0 fully saturated rings. The van der Waals surface area contributed by atoms with Crippen molar-refractivity contribution in [3.05, 3.63) is 66.2 Å². The molecule has 0 amide bonds. The van der Waals surface area contributed by atoms with Gasteiger partial charge in [-0.1, -0.05) is 77.8 Å². The van der Waals surface area contributed by atoms with Crippen LogP contribution in [-0.4, -0.2) is 16.1 Å². The first-order valence-electron chi connectivity index (χ1n) is 7.14. The van der Waals surface area contributed by atoms with Gasteiger partial charge in [-0.25, -0.2) is 4.79 Å². The van der Waals surface area contributed by atoms with Crippen LogP contribution >= 0.6 is 15.9 Å². The average Bonchev–Trinajstić information content (AvgIpc) is 2.56. The minimum Gasteiger partial charge on any atom is -0.425 e. The fraction of sp³-hybridized carbons (Fsp3) is 0.222. The average molecular weight is 361 g/mol. The topological polar surface area (TPSA) is 43.4 Å².